The summed E-state index contributed by atoms with van der Waals surface area (Å²) in [6, 6.07) is 13.9. The second-order valence-corrected chi connectivity index (χ2v) is 8.13. The number of hydrogen-bond donors (Lipinski definition) is 1. The van der Waals surface area contributed by atoms with E-state index in [9.17, 15) is 8.42 Å². The van der Waals surface area contributed by atoms with E-state index in [1.54, 1.807) is 12.3 Å². The van der Waals surface area contributed by atoms with Crippen molar-refractivity contribution in [2.24, 2.45) is 0 Å². The lowest BCUT2D eigenvalue weighted by Gasteiger charge is -2.34. The zero-order valence-electron chi connectivity index (χ0n) is 14.9. The Hall–Kier alpha value is -2.38. The summed E-state index contributed by atoms with van der Waals surface area (Å²) in [6.45, 7) is 4.71. The molecule has 1 aromatic heterocycles. The van der Waals surface area contributed by atoms with Crippen LogP contribution in [0.5, 0.6) is 0 Å². The van der Waals surface area contributed by atoms with Gasteiger partial charge >= 0.3 is 0 Å². The van der Waals surface area contributed by atoms with E-state index < -0.39 is 10.0 Å². The van der Waals surface area contributed by atoms with Gasteiger partial charge in [-0.25, -0.2) is 13.4 Å². The smallest absolute Gasteiger partial charge is 0.229 e. The summed E-state index contributed by atoms with van der Waals surface area (Å²) in [5.74, 6) is 0.878. The Bertz CT molecular complexity index is 828. The number of anilines is 2. The van der Waals surface area contributed by atoms with Gasteiger partial charge in [0.05, 0.1) is 18.1 Å². The van der Waals surface area contributed by atoms with Gasteiger partial charge in [0.2, 0.25) is 10.0 Å². The van der Waals surface area contributed by atoms with Crippen LogP contribution in [0.25, 0.3) is 6.08 Å². The van der Waals surface area contributed by atoms with Gasteiger partial charge in [-0.2, -0.15) is 0 Å². The number of benzene rings is 1. The SMILES string of the molecule is CS(=O)(=O)Nc1ccc(N2CCN(C/C=C/c3ccccc3)CC2)nc1. The predicted octanol–water partition coefficient (Wildman–Crippen LogP) is 2.29. The molecule has 0 radical (unpaired) electrons. The highest BCUT2D eigenvalue weighted by atomic mass is 32.2. The molecule has 7 heteroatoms. The fourth-order valence-electron chi connectivity index (χ4n) is 2.91. The number of sulfonamides is 1. The van der Waals surface area contributed by atoms with Crippen LogP contribution in [-0.2, 0) is 10.0 Å². The van der Waals surface area contributed by atoms with Gasteiger partial charge in [-0.05, 0) is 17.7 Å². The maximum atomic E-state index is 11.2. The summed E-state index contributed by atoms with van der Waals surface area (Å²) in [7, 11) is -3.27. The molecule has 1 aliphatic rings. The normalized spacial score (nSPS) is 16.1. The molecule has 6 nitrogen and oxygen atoms in total. The molecule has 1 fully saturated rings. The van der Waals surface area contributed by atoms with Crippen LogP contribution < -0.4 is 9.62 Å². The van der Waals surface area contributed by atoms with Crippen LogP contribution in [-0.4, -0.2) is 57.3 Å². The highest BCUT2D eigenvalue weighted by Crippen LogP contribution is 2.16. The van der Waals surface area contributed by atoms with E-state index in [1.807, 2.05) is 24.3 Å². The third kappa shape index (κ3) is 5.57. The summed E-state index contributed by atoms with van der Waals surface area (Å²) in [4.78, 5) is 9.02. The molecule has 0 unspecified atom stereocenters. The Labute approximate surface area is 155 Å². The van der Waals surface area contributed by atoms with Crippen LogP contribution in [0.3, 0.4) is 0 Å². The summed E-state index contributed by atoms with van der Waals surface area (Å²) in [5, 5.41) is 0. The van der Waals surface area contributed by atoms with Crippen LogP contribution in [0.15, 0.2) is 54.7 Å². The highest BCUT2D eigenvalue weighted by Gasteiger charge is 2.17. The lowest BCUT2D eigenvalue weighted by Crippen LogP contribution is -2.46. The fourth-order valence-corrected chi connectivity index (χ4v) is 3.46. The zero-order valence-corrected chi connectivity index (χ0v) is 15.7. The number of aromatic nitrogens is 1. The van der Waals surface area contributed by atoms with Crippen LogP contribution >= 0.6 is 0 Å². The molecule has 1 saturated heterocycles. The summed E-state index contributed by atoms with van der Waals surface area (Å²) < 4.78 is 24.9. The minimum Gasteiger partial charge on any atom is -0.354 e. The lowest BCUT2D eigenvalue weighted by molar-refractivity contribution is 0.283. The largest absolute Gasteiger partial charge is 0.354 e. The van der Waals surface area contributed by atoms with Crippen molar-refractivity contribution in [2.75, 3.05) is 48.6 Å². The maximum absolute atomic E-state index is 11.2. The first-order valence-electron chi connectivity index (χ1n) is 8.62. The fraction of sp³-hybridized carbons (Fsp3) is 0.316. The van der Waals surface area contributed by atoms with Crippen LogP contribution in [0.2, 0.25) is 0 Å². The molecular weight excluding hydrogens is 348 g/mol. The molecule has 2 aromatic rings. The first kappa shape index (κ1) is 18.4. The van der Waals surface area contributed by atoms with E-state index >= 15 is 0 Å². The standard InChI is InChI=1S/C19H24N4O2S/c1-26(24,25)21-18-9-10-19(20-16-18)23-14-12-22(13-15-23)11-5-8-17-6-3-2-4-7-17/h2-10,16,21H,11-15H2,1H3/b8-5+. The maximum Gasteiger partial charge on any atom is 0.229 e. The number of nitrogens with one attached hydrogen (secondary N) is 1. The monoisotopic (exact) mass is 372 g/mol. The Morgan fingerprint density at radius 3 is 2.42 bits per heavy atom. The van der Waals surface area contributed by atoms with Gasteiger partial charge < -0.3 is 4.90 Å². The first-order valence-corrected chi connectivity index (χ1v) is 10.5. The van der Waals surface area contributed by atoms with Gasteiger partial charge in [0.1, 0.15) is 5.82 Å². The predicted molar refractivity (Wildman–Crippen MR) is 107 cm³/mol. The van der Waals surface area contributed by atoms with E-state index in [0.717, 1.165) is 44.8 Å². The van der Waals surface area contributed by atoms with Crippen molar-refractivity contribution in [1.82, 2.24) is 9.88 Å². The number of hydrogen-bond acceptors (Lipinski definition) is 5. The molecular formula is C19H24N4O2S. The van der Waals surface area contributed by atoms with Gasteiger partial charge in [0.15, 0.2) is 0 Å². The van der Waals surface area contributed by atoms with Gasteiger partial charge in [0, 0.05) is 32.7 Å². The average Bonchev–Trinajstić information content (AvgIpc) is 2.63. The average molecular weight is 372 g/mol. The number of piperazine rings is 1. The number of pyridine rings is 1. The number of nitrogens with zero attached hydrogens (tertiary/aromatic N) is 3. The topological polar surface area (TPSA) is 65.5 Å². The molecule has 2 heterocycles. The molecule has 0 bridgehead atoms. The summed E-state index contributed by atoms with van der Waals surface area (Å²) >= 11 is 0. The van der Waals surface area contributed by atoms with Gasteiger partial charge in [-0.1, -0.05) is 42.5 Å². The van der Waals surface area contributed by atoms with E-state index in [-0.39, 0.29) is 0 Å². The molecule has 1 N–H and O–H groups in total. The van der Waals surface area contributed by atoms with Gasteiger partial charge in [-0.3, -0.25) is 9.62 Å². The Morgan fingerprint density at radius 1 is 1.08 bits per heavy atom. The second-order valence-electron chi connectivity index (χ2n) is 6.38. The van der Waals surface area contributed by atoms with E-state index in [1.165, 1.54) is 5.56 Å². The Morgan fingerprint density at radius 2 is 1.81 bits per heavy atom. The Balaban J connectivity index is 1.48. The number of rotatable bonds is 6. The molecule has 0 amide bonds. The highest BCUT2D eigenvalue weighted by molar-refractivity contribution is 7.92. The minimum absolute atomic E-state index is 0.487. The van der Waals surface area contributed by atoms with Crippen molar-refractivity contribution in [3.05, 3.63) is 60.3 Å². The molecule has 1 aromatic carbocycles. The van der Waals surface area contributed by atoms with Crippen LogP contribution in [0.1, 0.15) is 5.56 Å². The van der Waals surface area contributed by atoms with E-state index in [2.05, 4.69) is 43.8 Å². The third-order valence-corrected chi connectivity index (χ3v) is 4.83. The van der Waals surface area contributed by atoms with Crippen molar-refractivity contribution in [1.29, 1.82) is 0 Å². The van der Waals surface area contributed by atoms with Crippen molar-refractivity contribution in [2.45, 2.75) is 0 Å². The zero-order chi connectivity index (χ0) is 18.4. The molecule has 1 aliphatic heterocycles. The molecule has 0 atom stereocenters. The first-order chi connectivity index (χ1) is 12.5. The van der Waals surface area contributed by atoms with Crippen molar-refractivity contribution < 1.29 is 8.42 Å². The van der Waals surface area contributed by atoms with Crippen molar-refractivity contribution >= 4 is 27.6 Å². The minimum atomic E-state index is -3.27. The lowest BCUT2D eigenvalue weighted by atomic mass is 10.2. The molecule has 26 heavy (non-hydrogen) atoms. The van der Waals surface area contributed by atoms with Gasteiger partial charge in [0.25, 0.3) is 0 Å². The Kier molecular flexibility index (Phi) is 5.90. The molecule has 3 rings (SSSR count). The third-order valence-electron chi connectivity index (χ3n) is 4.22. The van der Waals surface area contributed by atoms with Crippen molar-refractivity contribution in [3.8, 4) is 0 Å². The van der Waals surface area contributed by atoms with Crippen LogP contribution in [0.4, 0.5) is 11.5 Å². The van der Waals surface area contributed by atoms with Crippen molar-refractivity contribution in [3.63, 3.8) is 0 Å². The summed E-state index contributed by atoms with van der Waals surface area (Å²) in [5.41, 5.74) is 1.71. The molecule has 138 valence electrons. The second kappa shape index (κ2) is 8.33. The molecule has 0 saturated carbocycles. The van der Waals surface area contributed by atoms with Gasteiger partial charge in [-0.15, -0.1) is 0 Å². The van der Waals surface area contributed by atoms with E-state index in [4.69, 9.17) is 0 Å². The van der Waals surface area contributed by atoms with E-state index in [0.29, 0.717) is 5.69 Å². The summed E-state index contributed by atoms with van der Waals surface area (Å²) in [6.07, 6.45) is 7.05. The van der Waals surface area contributed by atoms with Crippen LogP contribution in [0, 0.1) is 0 Å². The molecule has 0 aliphatic carbocycles. The quantitative estimate of drug-likeness (QED) is 0.843. The molecule has 0 spiro atoms.